The Morgan fingerprint density at radius 3 is 2.76 bits per heavy atom. The van der Waals surface area contributed by atoms with E-state index in [1.165, 1.54) is 0 Å². The molecular formula is C12H24N2O3. The highest BCUT2D eigenvalue weighted by Gasteiger charge is 2.34. The number of rotatable bonds is 6. The molecule has 0 aromatic heterocycles. The lowest BCUT2D eigenvalue weighted by Crippen LogP contribution is -2.47. The van der Waals surface area contributed by atoms with Gasteiger partial charge >= 0.3 is 0 Å². The van der Waals surface area contributed by atoms with Gasteiger partial charge in [0.05, 0.1) is 13.2 Å². The number of hydrogen-bond donors (Lipinski definition) is 1. The normalized spacial score (nSPS) is 24.3. The first-order valence-electron chi connectivity index (χ1n) is 6.10. The lowest BCUT2D eigenvalue weighted by Gasteiger charge is -2.27. The lowest BCUT2D eigenvalue weighted by molar-refractivity contribution is -0.130. The predicted octanol–water partition coefficient (Wildman–Crippen LogP) is 0.248. The van der Waals surface area contributed by atoms with Crippen molar-refractivity contribution in [3.8, 4) is 0 Å². The molecule has 100 valence electrons. The summed E-state index contributed by atoms with van der Waals surface area (Å²) in [5.74, 6) is 0.102. The van der Waals surface area contributed by atoms with Gasteiger partial charge in [0.25, 0.3) is 0 Å². The Balaban J connectivity index is 2.29. The highest BCUT2D eigenvalue weighted by Crippen LogP contribution is 2.21. The van der Waals surface area contributed by atoms with Crippen LogP contribution >= 0.6 is 0 Å². The summed E-state index contributed by atoms with van der Waals surface area (Å²) in [6.45, 7) is 6.33. The van der Waals surface area contributed by atoms with Crippen molar-refractivity contribution in [1.82, 2.24) is 10.2 Å². The summed E-state index contributed by atoms with van der Waals surface area (Å²) in [5.41, 5.74) is -0.253. The molecular weight excluding hydrogens is 220 g/mol. The molecule has 1 aliphatic heterocycles. The average Bonchev–Trinajstić information content (AvgIpc) is 2.77. The van der Waals surface area contributed by atoms with Crippen LogP contribution in [0.25, 0.3) is 0 Å². The molecule has 1 unspecified atom stereocenters. The first-order chi connectivity index (χ1) is 8.01. The maximum Gasteiger partial charge on any atom is 0.236 e. The first-order valence-corrected chi connectivity index (χ1v) is 6.10. The Bertz CT molecular complexity index is 250. The van der Waals surface area contributed by atoms with Gasteiger partial charge in [-0.25, -0.2) is 0 Å². The van der Waals surface area contributed by atoms with Crippen LogP contribution in [0, 0.1) is 0 Å². The second-order valence-corrected chi connectivity index (χ2v) is 4.89. The number of carbonyl (C=O) groups is 1. The Morgan fingerprint density at radius 2 is 2.29 bits per heavy atom. The molecule has 1 saturated heterocycles. The van der Waals surface area contributed by atoms with E-state index in [1.807, 2.05) is 20.9 Å². The molecule has 1 amide bonds. The molecule has 5 nitrogen and oxygen atoms in total. The van der Waals surface area contributed by atoms with Gasteiger partial charge in [-0.1, -0.05) is 0 Å². The zero-order chi connectivity index (χ0) is 12.9. The highest BCUT2D eigenvalue weighted by atomic mass is 16.5. The van der Waals surface area contributed by atoms with Crippen LogP contribution in [-0.2, 0) is 14.3 Å². The summed E-state index contributed by atoms with van der Waals surface area (Å²) in [6, 6.07) is 0.232. The van der Waals surface area contributed by atoms with Crippen molar-refractivity contribution in [3.63, 3.8) is 0 Å². The van der Waals surface area contributed by atoms with Crippen LogP contribution in [0.4, 0.5) is 0 Å². The summed E-state index contributed by atoms with van der Waals surface area (Å²) < 4.78 is 10.8. The number of methoxy groups -OCH3 is 1. The molecule has 1 heterocycles. The molecule has 0 radical (unpaired) electrons. The first kappa shape index (κ1) is 14.4. The fraction of sp³-hybridized carbons (Fsp3) is 0.917. The van der Waals surface area contributed by atoms with Crippen LogP contribution in [0.3, 0.4) is 0 Å². The minimum atomic E-state index is -0.253. The molecule has 0 bridgehead atoms. The molecule has 0 aromatic rings. The predicted molar refractivity (Wildman–Crippen MR) is 66.0 cm³/mol. The van der Waals surface area contributed by atoms with E-state index < -0.39 is 0 Å². The van der Waals surface area contributed by atoms with Crippen LogP contribution in [-0.4, -0.2) is 62.9 Å². The second kappa shape index (κ2) is 6.33. The van der Waals surface area contributed by atoms with Crippen molar-refractivity contribution < 1.29 is 14.3 Å². The zero-order valence-corrected chi connectivity index (χ0v) is 11.3. The van der Waals surface area contributed by atoms with Gasteiger partial charge in [-0.15, -0.1) is 0 Å². The largest absolute Gasteiger partial charge is 0.378 e. The summed E-state index contributed by atoms with van der Waals surface area (Å²) in [5, 5.41) is 3.16. The van der Waals surface area contributed by atoms with Crippen molar-refractivity contribution in [2.24, 2.45) is 0 Å². The molecule has 1 rings (SSSR count). The van der Waals surface area contributed by atoms with Crippen molar-refractivity contribution in [2.45, 2.75) is 31.9 Å². The van der Waals surface area contributed by atoms with Crippen LogP contribution < -0.4 is 5.32 Å². The molecule has 1 aliphatic rings. The van der Waals surface area contributed by atoms with E-state index in [-0.39, 0.29) is 17.6 Å². The number of likely N-dealkylation sites (N-methyl/N-ethyl adjacent to an activating group) is 1. The third-order valence-corrected chi connectivity index (χ3v) is 3.39. The molecule has 0 saturated carbocycles. The van der Waals surface area contributed by atoms with E-state index in [4.69, 9.17) is 9.47 Å². The van der Waals surface area contributed by atoms with E-state index in [0.717, 1.165) is 13.0 Å². The monoisotopic (exact) mass is 244 g/mol. The van der Waals surface area contributed by atoms with Gasteiger partial charge in [-0.05, 0) is 13.8 Å². The molecule has 17 heavy (non-hydrogen) atoms. The van der Waals surface area contributed by atoms with Gasteiger partial charge in [0, 0.05) is 39.8 Å². The van der Waals surface area contributed by atoms with E-state index >= 15 is 0 Å². The molecule has 0 aromatic carbocycles. The SMILES string of the molecule is COC1(CNCC(=O)N(C)C(C)C)CCOC1. The Labute approximate surface area is 103 Å². The van der Waals surface area contributed by atoms with Crippen molar-refractivity contribution in [1.29, 1.82) is 0 Å². The third kappa shape index (κ3) is 3.94. The molecule has 1 atom stereocenters. The Morgan fingerprint density at radius 1 is 1.59 bits per heavy atom. The van der Waals surface area contributed by atoms with Crippen LogP contribution in [0.15, 0.2) is 0 Å². The number of nitrogens with one attached hydrogen (secondary N) is 1. The Hall–Kier alpha value is -0.650. The molecule has 0 spiro atoms. The van der Waals surface area contributed by atoms with Crippen LogP contribution in [0.1, 0.15) is 20.3 Å². The van der Waals surface area contributed by atoms with E-state index in [1.54, 1.807) is 12.0 Å². The number of nitrogens with zero attached hydrogens (tertiary/aromatic N) is 1. The van der Waals surface area contributed by atoms with Gasteiger partial charge < -0.3 is 19.7 Å². The maximum atomic E-state index is 11.7. The lowest BCUT2D eigenvalue weighted by atomic mass is 10.0. The fourth-order valence-corrected chi connectivity index (χ4v) is 1.77. The molecule has 0 aliphatic carbocycles. The quantitative estimate of drug-likeness (QED) is 0.727. The molecule has 1 N–H and O–H groups in total. The van der Waals surface area contributed by atoms with E-state index in [9.17, 15) is 4.79 Å². The second-order valence-electron chi connectivity index (χ2n) is 4.89. The topological polar surface area (TPSA) is 50.8 Å². The van der Waals surface area contributed by atoms with Gasteiger partial charge in [0.15, 0.2) is 0 Å². The minimum absolute atomic E-state index is 0.102. The third-order valence-electron chi connectivity index (χ3n) is 3.39. The smallest absolute Gasteiger partial charge is 0.236 e. The Kier molecular flexibility index (Phi) is 5.36. The fourth-order valence-electron chi connectivity index (χ4n) is 1.77. The average molecular weight is 244 g/mol. The standard InChI is InChI=1S/C12H24N2O3/c1-10(2)14(3)11(15)7-13-8-12(16-4)5-6-17-9-12/h10,13H,5-9H2,1-4H3. The minimum Gasteiger partial charge on any atom is -0.378 e. The number of carbonyl (C=O) groups excluding carboxylic acids is 1. The molecule has 1 fully saturated rings. The summed E-state index contributed by atoms with van der Waals surface area (Å²) in [4.78, 5) is 13.5. The van der Waals surface area contributed by atoms with E-state index in [2.05, 4.69) is 5.32 Å². The zero-order valence-electron chi connectivity index (χ0n) is 11.3. The highest BCUT2D eigenvalue weighted by molar-refractivity contribution is 5.78. The van der Waals surface area contributed by atoms with Gasteiger partial charge in [0.2, 0.25) is 5.91 Å². The van der Waals surface area contributed by atoms with E-state index in [0.29, 0.717) is 19.7 Å². The molecule has 5 heteroatoms. The van der Waals surface area contributed by atoms with Gasteiger partial charge in [-0.3, -0.25) is 4.79 Å². The number of amides is 1. The van der Waals surface area contributed by atoms with Crippen molar-refractivity contribution in [3.05, 3.63) is 0 Å². The van der Waals surface area contributed by atoms with Gasteiger partial charge in [-0.2, -0.15) is 0 Å². The summed E-state index contributed by atoms with van der Waals surface area (Å²) in [6.07, 6.45) is 0.880. The summed E-state index contributed by atoms with van der Waals surface area (Å²) >= 11 is 0. The number of ether oxygens (including phenoxy) is 2. The summed E-state index contributed by atoms with van der Waals surface area (Å²) in [7, 11) is 3.51. The van der Waals surface area contributed by atoms with Crippen LogP contribution in [0.2, 0.25) is 0 Å². The van der Waals surface area contributed by atoms with Crippen LogP contribution in [0.5, 0.6) is 0 Å². The maximum absolute atomic E-state index is 11.7. The van der Waals surface area contributed by atoms with Gasteiger partial charge in [0.1, 0.15) is 5.60 Å². The van der Waals surface area contributed by atoms with Crippen molar-refractivity contribution >= 4 is 5.91 Å². The number of hydrogen-bond acceptors (Lipinski definition) is 4. The van der Waals surface area contributed by atoms with Crippen molar-refractivity contribution in [2.75, 3.05) is 40.5 Å².